The minimum absolute atomic E-state index is 0.140. The second kappa shape index (κ2) is 8.02. The van der Waals surface area contributed by atoms with Crippen molar-refractivity contribution in [2.24, 2.45) is 0 Å². The molecule has 0 atom stereocenters. The molecule has 5 nitrogen and oxygen atoms in total. The number of hydrogen-bond acceptors (Lipinski definition) is 4. The lowest BCUT2D eigenvalue weighted by atomic mass is 9.91. The summed E-state index contributed by atoms with van der Waals surface area (Å²) >= 11 is 0. The summed E-state index contributed by atoms with van der Waals surface area (Å²) in [6, 6.07) is 10.4. The lowest BCUT2D eigenvalue weighted by Gasteiger charge is -2.37. The van der Waals surface area contributed by atoms with Gasteiger partial charge in [0.05, 0.1) is 6.54 Å². The average Bonchev–Trinajstić information content (AvgIpc) is 2.91. The van der Waals surface area contributed by atoms with Crippen LogP contribution in [-0.2, 0) is 4.74 Å². The Bertz CT molecular complexity index is 592. The van der Waals surface area contributed by atoms with Crippen molar-refractivity contribution in [2.75, 3.05) is 53.4 Å². The number of ether oxygens (including phenoxy) is 1. The van der Waals surface area contributed by atoms with Gasteiger partial charge in [0.2, 0.25) is 0 Å². The number of hydrogen-bond donors (Lipinski definition) is 0. The first kappa shape index (κ1) is 18.0. The number of carbonyl (C=O) groups excluding carboxylic acids is 1. The first-order valence-corrected chi connectivity index (χ1v) is 9.13. The highest BCUT2D eigenvalue weighted by atomic mass is 16.6. The number of benzene rings is 1. The molecule has 2 heterocycles. The van der Waals surface area contributed by atoms with Gasteiger partial charge in [-0.25, -0.2) is 4.79 Å². The van der Waals surface area contributed by atoms with Crippen molar-refractivity contribution in [1.82, 2.24) is 14.7 Å². The summed E-state index contributed by atoms with van der Waals surface area (Å²) < 4.78 is 5.78. The SMILES string of the molecule is CN(C)CCN1CC2(CCN(CC=Cc3ccccc3)CC2)OC1=O. The maximum atomic E-state index is 12.1. The van der Waals surface area contributed by atoms with Gasteiger partial charge >= 0.3 is 6.09 Å². The van der Waals surface area contributed by atoms with Gasteiger partial charge in [0, 0.05) is 45.6 Å². The largest absolute Gasteiger partial charge is 0.441 e. The number of nitrogens with zero attached hydrogens (tertiary/aromatic N) is 3. The summed E-state index contributed by atoms with van der Waals surface area (Å²) in [5, 5.41) is 0. The van der Waals surface area contributed by atoms with Gasteiger partial charge in [0.1, 0.15) is 5.60 Å². The molecule has 2 fully saturated rings. The zero-order chi connectivity index (χ0) is 17.7. The molecule has 2 saturated heterocycles. The van der Waals surface area contributed by atoms with E-state index in [0.717, 1.165) is 52.1 Å². The van der Waals surface area contributed by atoms with E-state index < -0.39 is 0 Å². The van der Waals surface area contributed by atoms with Crippen LogP contribution in [0.2, 0.25) is 0 Å². The Morgan fingerprint density at radius 2 is 1.92 bits per heavy atom. The van der Waals surface area contributed by atoms with Gasteiger partial charge in [-0.05, 0) is 19.7 Å². The van der Waals surface area contributed by atoms with Crippen LogP contribution in [-0.4, -0.2) is 79.8 Å². The van der Waals surface area contributed by atoms with E-state index in [2.05, 4.69) is 46.2 Å². The highest BCUT2D eigenvalue weighted by Gasteiger charge is 2.46. The Hall–Kier alpha value is -1.85. The average molecular weight is 343 g/mol. The highest BCUT2D eigenvalue weighted by Crippen LogP contribution is 2.33. The molecule has 2 aliphatic rings. The molecule has 3 rings (SSSR count). The van der Waals surface area contributed by atoms with Crippen LogP contribution in [0.4, 0.5) is 4.79 Å². The first-order valence-electron chi connectivity index (χ1n) is 9.13. The zero-order valence-corrected chi connectivity index (χ0v) is 15.4. The lowest BCUT2D eigenvalue weighted by Crippen LogP contribution is -2.47. The van der Waals surface area contributed by atoms with Crippen molar-refractivity contribution in [2.45, 2.75) is 18.4 Å². The standard InChI is InChI=1S/C20H29N3O2/c1-21(2)15-16-23-17-20(25-19(23)24)10-13-22(14-11-20)12-6-9-18-7-4-3-5-8-18/h3-9H,10-17H2,1-2H3. The third kappa shape index (κ3) is 4.83. The summed E-state index contributed by atoms with van der Waals surface area (Å²) in [7, 11) is 4.05. The molecule has 1 aromatic carbocycles. The minimum Gasteiger partial charge on any atom is -0.441 e. The van der Waals surface area contributed by atoms with Gasteiger partial charge in [-0.15, -0.1) is 0 Å². The molecule has 0 aromatic heterocycles. The van der Waals surface area contributed by atoms with Crippen LogP contribution in [0.1, 0.15) is 18.4 Å². The fourth-order valence-corrected chi connectivity index (χ4v) is 3.49. The van der Waals surface area contributed by atoms with Gasteiger partial charge in [-0.1, -0.05) is 42.5 Å². The first-order chi connectivity index (χ1) is 12.1. The van der Waals surface area contributed by atoms with Crippen LogP contribution in [0.3, 0.4) is 0 Å². The molecule has 0 saturated carbocycles. The van der Waals surface area contributed by atoms with E-state index in [9.17, 15) is 4.79 Å². The molecule has 0 aliphatic carbocycles. The van der Waals surface area contributed by atoms with Crippen molar-refractivity contribution in [3.63, 3.8) is 0 Å². The molecule has 2 aliphatic heterocycles. The van der Waals surface area contributed by atoms with Crippen molar-refractivity contribution in [1.29, 1.82) is 0 Å². The summed E-state index contributed by atoms with van der Waals surface area (Å²) in [6.45, 7) is 5.27. The molecule has 1 aromatic rings. The maximum absolute atomic E-state index is 12.1. The molecule has 136 valence electrons. The van der Waals surface area contributed by atoms with Crippen LogP contribution in [0, 0.1) is 0 Å². The van der Waals surface area contributed by atoms with E-state index in [0.29, 0.717) is 0 Å². The molecule has 0 unspecified atom stereocenters. The van der Waals surface area contributed by atoms with E-state index in [1.54, 1.807) is 0 Å². The third-order valence-electron chi connectivity index (χ3n) is 5.10. The fourth-order valence-electron chi connectivity index (χ4n) is 3.49. The summed E-state index contributed by atoms with van der Waals surface area (Å²) in [5.41, 5.74) is 0.973. The van der Waals surface area contributed by atoms with Crippen LogP contribution in [0.5, 0.6) is 0 Å². The Morgan fingerprint density at radius 3 is 2.60 bits per heavy atom. The predicted octanol–water partition coefficient (Wildman–Crippen LogP) is 2.55. The Kier molecular flexibility index (Phi) is 5.76. The smallest absolute Gasteiger partial charge is 0.410 e. The quantitative estimate of drug-likeness (QED) is 0.795. The van der Waals surface area contributed by atoms with Gasteiger partial charge in [0.25, 0.3) is 0 Å². The van der Waals surface area contributed by atoms with Gasteiger partial charge in [-0.3, -0.25) is 4.90 Å². The van der Waals surface area contributed by atoms with Crippen molar-refractivity contribution >= 4 is 12.2 Å². The Labute approximate surface area is 150 Å². The van der Waals surface area contributed by atoms with Crippen molar-refractivity contribution in [3.8, 4) is 0 Å². The molecule has 0 radical (unpaired) electrons. The molecule has 1 spiro atoms. The molecule has 5 heteroatoms. The fraction of sp³-hybridized carbons (Fsp3) is 0.550. The van der Waals surface area contributed by atoms with Gasteiger partial charge in [0.15, 0.2) is 0 Å². The van der Waals surface area contributed by atoms with Crippen LogP contribution in [0.15, 0.2) is 36.4 Å². The second-order valence-electron chi connectivity index (χ2n) is 7.39. The van der Waals surface area contributed by atoms with Crippen molar-refractivity contribution in [3.05, 3.63) is 42.0 Å². The normalized spacial score (nSPS) is 20.8. The van der Waals surface area contributed by atoms with E-state index in [1.165, 1.54) is 5.56 Å². The highest BCUT2D eigenvalue weighted by molar-refractivity contribution is 5.70. The van der Waals surface area contributed by atoms with E-state index in [-0.39, 0.29) is 11.7 Å². The molecular weight excluding hydrogens is 314 g/mol. The summed E-state index contributed by atoms with van der Waals surface area (Å²) in [4.78, 5) is 18.5. The predicted molar refractivity (Wildman–Crippen MR) is 100 cm³/mol. The molecule has 0 N–H and O–H groups in total. The molecule has 25 heavy (non-hydrogen) atoms. The van der Waals surface area contributed by atoms with Crippen LogP contribution >= 0.6 is 0 Å². The maximum Gasteiger partial charge on any atom is 0.410 e. The van der Waals surface area contributed by atoms with Gasteiger partial charge in [-0.2, -0.15) is 0 Å². The van der Waals surface area contributed by atoms with Crippen LogP contribution in [0.25, 0.3) is 6.08 Å². The summed E-state index contributed by atoms with van der Waals surface area (Å²) in [6.07, 6.45) is 6.10. The third-order valence-corrected chi connectivity index (χ3v) is 5.10. The lowest BCUT2D eigenvalue weighted by molar-refractivity contribution is 0.00339. The molecule has 1 amide bonds. The second-order valence-corrected chi connectivity index (χ2v) is 7.39. The number of amides is 1. The van der Waals surface area contributed by atoms with Gasteiger partial charge < -0.3 is 14.5 Å². The zero-order valence-electron chi connectivity index (χ0n) is 15.4. The van der Waals surface area contributed by atoms with Crippen molar-refractivity contribution < 1.29 is 9.53 Å². The number of likely N-dealkylation sites (tertiary alicyclic amines) is 1. The topological polar surface area (TPSA) is 36.0 Å². The van der Waals surface area contributed by atoms with Crippen LogP contribution < -0.4 is 0 Å². The molecular formula is C20H29N3O2. The number of carbonyl (C=O) groups is 1. The minimum atomic E-state index is -0.261. The Balaban J connectivity index is 1.45. The number of likely N-dealkylation sites (N-methyl/N-ethyl adjacent to an activating group) is 1. The van der Waals surface area contributed by atoms with E-state index >= 15 is 0 Å². The van der Waals surface area contributed by atoms with E-state index in [4.69, 9.17) is 4.74 Å². The van der Waals surface area contributed by atoms with E-state index in [1.807, 2.05) is 25.1 Å². The monoisotopic (exact) mass is 343 g/mol. The Morgan fingerprint density at radius 1 is 1.20 bits per heavy atom. The molecule has 0 bridgehead atoms. The summed E-state index contributed by atoms with van der Waals surface area (Å²) in [5.74, 6) is 0. The number of piperidine rings is 1. The number of rotatable bonds is 6.